The molecular weight excluding hydrogens is 366 g/mol. The van der Waals surface area contributed by atoms with Crippen LogP contribution in [0.4, 0.5) is 0 Å². The minimum atomic E-state index is -4.35. The van der Waals surface area contributed by atoms with Gasteiger partial charge in [-0.15, -0.1) is 0 Å². The van der Waals surface area contributed by atoms with Crippen molar-refractivity contribution in [2.24, 2.45) is 5.92 Å². The number of nitrogens with zero attached hydrogens (tertiary/aromatic N) is 2. The van der Waals surface area contributed by atoms with E-state index < -0.39 is 22.0 Å². The standard InChI is InChI=1S/C19H24N3O4S/c1-3-14(2)11-19(24)22(16-8-6-10-21-13-17(16)23)27(25,26)18-9-5-4-7-15(18)12-20/h4-5,7,9,14,16,21H,1,3,6,8,10-11,13H2,2H3/t14-,16?/m0/s1. The first-order chi connectivity index (χ1) is 12.8. The van der Waals surface area contributed by atoms with E-state index in [0.29, 0.717) is 23.7 Å². The van der Waals surface area contributed by atoms with Gasteiger partial charge in [-0.1, -0.05) is 32.4 Å². The van der Waals surface area contributed by atoms with Crippen LogP contribution in [0.3, 0.4) is 0 Å². The Labute approximate surface area is 160 Å². The number of carbonyl (C=O) groups is 2. The predicted molar refractivity (Wildman–Crippen MR) is 99.8 cm³/mol. The zero-order chi connectivity index (χ0) is 20.0. The van der Waals surface area contributed by atoms with E-state index in [1.54, 1.807) is 13.0 Å². The normalized spacial score (nSPS) is 19.0. The zero-order valence-corrected chi connectivity index (χ0v) is 16.2. The number of hydrogen-bond donors (Lipinski definition) is 1. The first-order valence-electron chi connectivity index (χ1n) is 8.92. The van der Waals surface area contributed by atoms with Gasteiger partial charge in [-0.25, -0.2) is 12.7 Å². The van der Waals surface area contributed by atoms with Crippen molar-refractivity contribution < 1.29 is 18.0 Å². The Kier molecular flexibility index (Phi) is 7.11. The summed E-state index contributed by atoms with van der Waals surface area (Å²) in [6.45, 7) is 6.14. The molecule has 0 aliphatic carbocycles. The Morgan fingerprint density at radius 3 is 2.81 bits per heavy atom. The number of ketones is 1. The Morgan fingerprint density at radius 1 is 1.44 bits per heavy atom. The molecular formula is C19H24N3O4S. The number of carbonyl (C=O) groups excluding carboxylic acids is 2. The summed E-state index contributed by atoms with van der Waals surface area (Å²) in [4.78, 5) is 25.2. The molecule has 1 aromatic carbocycles. The van der Waals surface area contributed by atoms with Crippen molar-refractivity contribution in [3.63, 3.8) is 0 Å². The van der Waals surface area contributed by atoms with Gasteiger partial charge in [-0.3, -0.25) is 9.59 Å². The zero-order valence-electron chi connectivity index (χ0n) is 15.3. The van der Waals surface area contributed by atoms with Crippen molar-refractivity contribution in [2.75, 3.05) is 13.1 Å². The molecule has 0 saturated carbocycles. The molecule has 27 heavy (non-hydrogen) atoms. The molecule has 1 N–H and O–H groups in total. The van der Waals surface area contributed by atoms with Crippen LogP contribution in [-0.2, 0) is 19.6 Å². The van der Waals surface area contributed by atoms with Gasteiger partial charge in [-0.2, -0.15) is 5.26 Å². The number of nitriles is 1. The molecule has 1 unspecified atom stereocenters. The van der Waals surface area contributed by atoms with Gasteiger partial charge in [0.25, 0.3) is 10.0 Å². The second kappa shape index (κ2) is 9.11. The summed E-state index contributed by atoms with van der Waals surface area (Å²) >= 11 is 0. The minimum Gasteiger partial charge on any atom is -0.310 e. The summed E-state index contributed by atoms with van der Waals surface area (Å²) in [6, 6.07) is 6.49. The number of sulfonamides is 1. The van der Waals surface area contributed by atoms with E-state index >= 15 is 0 Å². The van der Waals surface area contributed by atoms with Crippen LogP contribution in [0.15, 0.2) is 29.2 Å². The van der Waals surface area contributed by atoms with Crippen molar-refractivity contribution in [1.29, 1.82) is 5.26 Å². The topological polar surface area (TPSA) is 107 Å². The number of rotatable bonds is 6. The lowest BCUT2D eigenvalue weighted by Gasteiger charge is -2.30. The molecule has 2 rings (SSSR count). The quantitative estimate of drug-likeness (QED) is 0.791. The fourth-order valence-electron chi connectivity index (χ4n) is 3.01. The summed E-state index contributed by atoms with van der Waals surface area (Å²) in [5.41, 5.74) is -0.0558. The number of benzene rings is 1. The molecule has 8 heteroatoms. The monoisotopic (exact) mass is 390 g/mol. The Morgan fingerprint density at radius 2 is 2.15 bits per heavy atom. The number of Topliss-reactive ketones (excluding diaryl/α,β-unsaturated/α-hetero) is 1. The molecule has 1 fully saturated rings. The molecule has 1 amide bonds. The van der Waals surface area contributed by atoms with Gasteiger partial charge in [0, 0.05) is 6.42 Å². The van der Waals surface area contributed by atoms with E-state index in [0.717, 1.165) is 0 Å². The highest BCUT2D eigenvalue weighted by Gasteiger charge is 2.40. The number of amides is 1. The molecule has 1 aliphatic rings. The highest BCUT2D eigenvalue weighted by molar-refractivity contribution is 7.89. The van der Waals surface area contributed by atoms with Crippen LogP contribution in [0.1, 0.15) is 38.2 Å². The predicted octanol–water partition coefficient (Wildman–Crippen LogP) is 1.65. The van der Waals surface area contributed by atoms with E-state index in [-0.39, 0.29) is 41.5 Å². The van der Waals surface area contributed by atoms with Gasteiger partial charge >= 0.3 is 0 Å². The molecule has 1 saturated heterocycles. The summed E-state index contributed by atoms with van der Waals surface area (Å²) in [7, 11) is -4.35. The lowest BCUT2D eigenvalue weighted by Crippen LogP contribution is -2.50. The van der Waals surface area contributed by atoms with Gasteiger partial charge in [0.15, 0.2) is 5.78 Å². The maximum absolute atomic E-state index is 13.3. The molecule has 1 radical (unpaired) electrons. The largest absolute Gasteiger partial charge is 0.310 e. The van der Waals surface area contributed by atoms with E-state index in [4.69, 9.17) is 0 Å². The van der Waals surface area contributed by atoms with E-state index in [1.807, 2.05) is 6.07 Å². The molecule has 145 valence electrons. The Bertz CT molecular complexity index is 845. The van der Waals surface area contributed by atoms with Crippen LogP contribution < -0.4 is 5.32 Å². The summed E-state index contributed by atoms with van der Waals surface area (Å²) in [5.74, 6) is -1.11. The van der Waals surface area contributed by atoms with Gasteiger partial charge < -0.3 is 5.32 Å². The van der Waals surface area contributed by atoms with Crippen LogP contribution >= 0.6 is 0 Å². The van der Waals surface area contributed by atoms with Crippen LogP contribution in [0.5, 0.6) is 0 Å². The molecule has 2 atom stereocenters. The van der Waals surface area contributed by atoms with E-state index in [1.165, 1.54) is 18.2 Å². The average molecular weight is 390 g/mol. The fraction of sp³-hybridized carbons (Fsp3) is 0.474. The van der Waals surface area contributed by atoms with Crippen molar-refractivity contribution >= 4 is 21.7 Å². The SMILES string of the molecule is [CH2]C[C@H](C)CC(=O)N(C1CCCNCC1=O)S(=O)(=O)c1ccccc1C#N. The summed E-state index contributed by atoms with van der Waals surface area (Å²) < 4.78 is 27.4. The van der Waals surface area contributed by atoms with E-state index in [2.05, 4.69) is 12.2 Å². The highest BCUT2D eigenvalue weighted by Crippen LogP contribution is 2.26. The molecule has 1 aliphatic heterocycles. The van der Waals surface area contributed by atoms with Crippen LogP contribution in [0, 0.1) is 24.2 Å². The summed E-state index contributed by atoms with van der Waals surface area (Å²) in [6.07, 6.45) is 1.26. The molecule has 0 aromatic heterocycles. The average Bonchev–Trinajstić information content (AvgIpc) is 2.86. The smallest absolute Gasteiger partial charge is 0.268 e. The number of nitrogens with one attached hydrogen (secondary N) is 1. The first kappa shape index (κ1) is 21.1. The van der Waals surface area contributed by atoms with Crippen LogP contribution in [0.2, 0.25) is 0 Å². The van der Waals surface area contributed by atoms with Crippen LogP contribution in [0.25, 0.3) is 0 Å². The van der Waals surface area contributed by atoms with Gasteiger partial charge in [0.2, 0.25) is 5.91 Å². The van der Waals surface area contributed by atoms with Gasteiger partial charge in [-0.05, 0) is 37.4 Å². The third kappa shape index (κ3) is 4.73. The third-order valence-electron chi connectivity index (χ3n) is 4.59. The lowest BCUT2D eigenvalue weighted by molar-refractivity contribution is -0.134. The van der Waals surface area contributed by atoms with Crippen molar-refractivity contribution in [3.8, 4) is 6.07 Å². The molecule has 1 aromatic rings. The van der Waals surface area contributed by atoms with Crippen molar-refractivity contribution in [2.45, 2.75) is 43.5 Å². The third-order valence-corrected chi connectivity index (χ3v) is 6.48. The first-order valence-corrected chi connectivity index (χ1v) is 10.4. The Hall–Kier alpha value is -2.24. The van der Waals surface area contributed by atoms with Gasteiger partial charge in [0.05, 0.1) is 12.1 Å². The molecule has 7 nitrogen and oxygen atoms in total. The molecule has 0 bridgehead atoms. The Balaban J connectivity index is 2.55. The maximum atomic E-state index is 13.3. The van der Waals surface area contributed by atoms with Crippen molar-refractivity contribution in [1.82, 2.24) is 9.62 Å². The van der Waals surface area contributed by atoms with Crippen LogP contribution in [-0.4, -0.2) is 43.5 Å². The second-order valence-corrected chi connectivity index (χ2v) is 8.49. The van der Waals surface area contributed by atoms with E-state index in [9.17, 15) is 23.3 Å². The lowest BCUT2D eigenvalue weighted by atomic mass is 10.0. The number of hydrogen-bond acceptors (Lipinski definition) is 6. The second-order valence-electron chi connectivity index (χ2n) is 6.70. The molecule has 0 spiro atoms. The molecule has 1 heterocycles. The highest BCUT2D eigenvalue weighted by atomic mass is 32.2. The fourth-order valence-corrected chi connectivity index (χ4v) is 4.77. The maximum Gasteiger partial charge on any atom is 0.268 e. The van der Waals surface area contributed by atoms with Gasteiger partial charge in [0.1, 0.15) is 17.0 Å². The van der Waals surface area contributed by atoms with Crippen molar-refractivity contribution in [3.05, 3.63) is 36.8 Å². The minimum absolute atomic E-state index is 0.00868. The summed E-state index contributed by atoms with van der Waals surface area (Å²) in [5, 5.41) is 12.2.